The predicted octanol–water partition coefficient (Wildman–Crippen LogP) is 2.51. The lowest BCUT2D eigenvalue weighted by Crippen LogP contribution is -2.42. The van der Waals surface area contributed by atoms with Crippen molar-refractivity contribution in [3.8, 4) is 11.8 Å². The Kier molecular flexibility index (Phi) is 6.41. The van der Waals surface area contributed by atoms with Crippen LogP contribution < -0.4 is 0 Å². The number of carboxylic acids is 1. The number of carboxylic acid groups (broad SMARTS) is 1. The summed E-state index contributed by atoms with van der Waals surface area (Å²) in [6, 6.07) is 7.41. The number of rotatable bonds is 5. The maximum absolute atomic E-state index is 11.4. The third-order valence-electron chi connectivity index (χ3n) is 5.15. The number of hydrogen-bond donors (Lipinski definition) is 2. The lowest BCUT2D eigenvalue weighted by atomic mass is 9.81. The van der Waals surface area contributed by atoms with E-state index in [-0.39, 0.29) is 12.5 Å². The number of carbonyl (C=O) groups is 1. The van der Waals surface area contributed by atoms with Gasteiger partial charge in [-0.25, -0.2) is 4.79 Å². The van der Waals surface area contributed by atoms with Crippen molar-refractivity contribution >= 4 is 5.97 Å². The van der Waals surface area contributed by atoms with Crippen molar-refractivity contribution in [3.05, 3.63) is 35.4 Å². The van der Waals surface area contributed by atoms with Crippen molar-refractivity contribution in [2.24, 2.45) is 0 Å². The van der Waals surface area contributed by atoms with Gasteiger partial charge in [-0.3, -0.25) is 0 Å². The van der Waals surface area contributed by atoms with E-state index in [1.54, 1.807) is 0 Å². The second-order valence-corrected chi connectivity index (χ2v) is 7.81. The largest absolute Gasteiger partial charge is 0.479 e. The highest BCUT2D eigenvalue weighted by atomic mass is 16.7. The molecule has 2 N–H and O–H groups in total. The van der Waals surface area contributed by atoms with Crippen LogP contribution in [0.5, 0.6) is 0 Å². The zero-order valence-corrected chi connectivity index (χ0v) is 16.4. The van der Waals surface area contributed by atoms with Gasteiger partial charge in [0.2, 0.25) is 0 Å². The molecule has 2 aliphatic rings. The van der Waals surface area contributed by atoms with Crippen molar-refractivity contribution < 1.29 is 29.2 Å². The third-order valence-corrected chi connectivity index (χ3v) is 5.15. The minimum Gasteiger partial charge on any atom is -0.479 e. The highest BCUT2D eigenvalue weighted by Crippen LogP contribution is 2.39. The fraction of sp³-hybridized carbons (Fsp3) is 0.591. The van der Waals surface area contributed by atoms with Crippen LogP contribution in [0.25, 0.3) is 0 Å². The standard InChI is InChI=1S/C22H28O6/c1-16(2)28-19(20(23)24)15-18-5-3-4-17(14-18)6-7-21(25)8-10-22(11-9-21)26-12-13-27-22/h3-5,14,16,19,25H,8-13,15H2,1-2H3,(H,23,24). The zero-order chi connectivity index (χ0) is 20.2. The molecular weight excluding hydrogens is 360 g/mol. The number of hydrogen-bond acceptors (Lipinski definition) is 5. The Hall–Kier alpha value is -1.91. The lowest BCUT2D eigenvalue weighted by molar-refractivity contribution is -0.195. The van der Waals surface area contributed by atoms with Crippen LogP contribution in [0.15, 0.2) is 24.3 Å². The van der Waals surface area contributed by atoms with Gasteiger partial charge in [0.25, 0.3) is 0 Å². The zero-order valence-electron chi connectivity index (χ0n) is 16.4. The summed E-state index contributed by atoms with van der Waals surface area (Å²) in [5, 5.41) is 20.1. The maximum Gasteiger partial charge on any atom is 0.333 e. The van der Waals surface area contributed by atoms with Gasteiger partial charge in [0.1, 0.15) is 5.60 Å². The molecule has 3 rings (SSSR count). The van der Waals surface area contributed by atoms with E-state index in [9.17, 15) is 15.0 Å². The first kappa shape index (κ1) is 20.8. The molecular formula is C22H28O6. The molecule has 1 saturated heterocycles. The number of ether oxygens (including phenoxy) is 3. The average molecular weight is 388 g/mol. The van der Waals surface area contributed by atoms with E-state index in [0.29, 0.717) is 38.9 Å². The Morgan fingerprint density at radius 1 is 1.21 bits per heavy atom. The fourth-order valence-electron chi connectivity index (χ4n) is 3.66. The van der Waals surface area contributed by atoms with E-state index in [1.165, 1.54) is 0 Å². The van der Waals surface area contributed by atoms with Crippen LogP contribution in [0.3, 0.4) is 0 Å². The monoisotopic (exact) mass is 388 g/mol. The number of aliphatic carboxylic acids is 1. The molecule has 152 valence electrons. The first-order valence-electron chi connectivity index (χ1n) is 9.80. The minimum absolute atomic E-state index is 0.166. The van der Waals surface area contributed by atoms with E-state index in [0.717, 1.165) is 11.1 Å². The maximum atomic E-state index is 11.4. The molecule has 28 heavy (non-hydrogen) atoms. The molecule has 1 aliphatic carbocycles. The van der Waals surface area contributed by atoms with Crippen molar-refractivity contribution in [3.63, 3.8) is 0 Å². The molecule has 1 atom stereocenters. The van der Waals surface area contributed by atoms with Gasteiger partial charge < -0.3 is 24.4 Å². The molecule has 6 heteroatoms. The Labute approximate surface area is 165 Å². The lowest BCUT2D eigenvalue weighted by Gasteiger charge is -2.37. The van der Waals surface area contributed by atoms with Crippen LogP contribution in [0.4, 0.5) is 0 Å². The molecule has 1 aromatic rings. The Balaban J connectivity index is 1.65. The van der Waals surface area contributed by atoms with E-state index in [1.807, 2.05) is 38.1 Å². The van der Waals surface area contributed by atoms with Gasteiger partial charge in [-0.05, 0) is 44.4 Å². The van der Waals surface area contributed by atoms with E-state index in [2.05, 4.69) is 11.8 Å². The van der Waals surface area contributed by atoms with Gasteiger partial charge in [0, 0.05) is 24.8 Å². The molecule has 1 unspecified atom stereocenters. The fourth-order valence-corrected chi connectivity index (χ4v) is 3.66. The van der Waals surface area contributed by atoms with Crippen LogP contribution in [0, 0.1) is 11.8 Å². The molecule has 0 amide bonds. The molecule has 2 fully saturated rings. The van der Waals surface area contributed by atoms with Crippen LogP contribution in [-0.4, -0.2) is 53.0 Å². The van der Waals surface area contributed by atoms with Crippen LogP contribution in [0.2, 0.25) is 0 Å². The Bertz CT molecular complexity index is 744. The van der Waals surface area contributed by atoms with Gasteiger partial charge in [0.05, 0.1) is 19.3 Å². The molecule has 1 saturated carbocycles. The SMILES string of the molecule is CC(C)OC(Cc1cccc(C#CC2(O)CCC3(CC2)OCCO3)c1)C(=O)O. The van der Waals surface area contributed by atoms with Gasteiger partial charge in [-0.1, -0.05) is 24.0 Å². The number of benzene rings is 1. The molecule has 6 nitrogen and oxygen atoms in total. The van der Waals surface area contributed by atoms with Crippen molar-refractivity contribution in [2.75, 3.05) is 13.2 Å². The quantitative estimate of drug-likeness (QED) is 0.754. The van der Waals surface area contributed by atoms with Crippen molar-refractivity contribution in [2.45, 2.75) is 69.5 Å². The summed E-state index contributed by atoms with van der Waals surface area (Å²) in [7, 11) is 0. The highest BCUT2D eigenvalue weighted by Gasteiger charge is 2.44. The van der Waals surface area contributed by atoms with E-state index in [4.69, 9.17) is 14.2 Å². The van der Waals surface area contributed by atoms with Crippen molar-refractivity contribution in [1.82, 2.24) is 0 Å². The normalized spacial score (nSPS) is 21.3. The smallest absolute Gasteiger partial charge is 0.333 e. The van der Waals surface area contributed by atoms with Gasteiger partial charge in [-0.2, -0.15) is 0 Å². The van der Waals surface area contributed by atoms with Crippen LogP contribution in [-0.2, 0) is 25.4 Å². The second-order valence-electron chi connectivity index (χ2n) is 7.81. The van der Waals surface area contributed by atoms with Gasteiger partial charge in [0.15, 0.2) is 11.9 Å². The summed E-state index contributed by atoms with van der Waals surface area (Å²) in [5.74, 6) is 4.54. The molecule has 0 radical (unpaired) electrons. The van der Waals surface area contributed by atoms with Crippen LogP contribution in [0.1, 0.15) is 50.7 Å². The van der Waals surface area contributed by atoms with E-state index >= 15 is 0 Å². The Morgan fingerprint density at radius 3 is 2.50 bits per heavy atom. The Morgan fingerprint density at radius 2 is 1.89 bits per heavy atom. The molecule has 1 heterocycles. The third kappa shape index (κ3) is 5.33. The summed E-state index contributed by atoms with van der Waals surface area (Å²) >= 11 is 0. The molecule has 1 spiro atoms. The molecule has 1 aliphatic heterocycles. The average Bonchev–Trinajstić information content (AvgIpc) is 3.11. The first-order chi connectivity index (χ1) is 13.3. The molecule has 0 aromatic heterocycles. The van der Waals surface area contributed by atoms with Crippen LogP contribution >= 0.6 is 0 Å². The minimum atomic E-state index is -1.05. The molecule has 1 aromatic carbocycles. The topological polar surface area (TPSA) is 85.2 Å². The number of aliphatic hydroxyl groups is 1. The summed E-state index contributed by atoms with van der Waals surface area (Å²) in [6.07, 6.45) is 1.47. The second kappa shape index (κ2) is 8.62. The molecule has 0 bridgehead atoms. The first-order valence-corrected chi connectivity index (χ1v) is 9.80. The highest BCUT2D eigenvalue weighted by molar-refractivity contribution is 5.72. The van der Waals surface area contributed by atoms with E-state index < -0.39 is 23.5 Å². The summed E-state index contributed by atoms with van der Waals surface area (Å²) in [4.78, 5) is 11.4. The van der Waals surface area contributed by atoms with Gasteiger partial charge in [-0.15, -0.1) is 0 Å². The predicted molar refractivity (Wildman–Crippen MR) is 103 cm³/mol. The summed E-state index contributed by atoms with van der Waals surface area (Å²) < 4.78 is 16.9. The summed E-state index contributed by atoms with van der Waals surface area (Å²) in [5.41, 5.74) is 0.524. The van der Waals surface area contributed by atoms with Gasteiger partial charge >= 0.3 is 5.97 Å². The summed E-state index contributed by atoms with van der Waals surface area (Å²) in [6.45, 7) is 4.84. The van der Waals surface area contributed by atoms with Crippen molar-refractivity contribution in [1.29, 1.82) is 0 Å².